The Labute approximate surface area is 79.0 Å². The van der Waals surface area contributed by atoms with Crippen molar-refractivity contribution in [3.05, 3.63) is 0 Å². The van der Waals surface area contributed by atoms with Crippen molar-refractivity contribution in [3.63, 3.8) is 0 Å². The first kappa shape index (κ1) is 5.43. The van der Waals surface area contributed by atoms with E-state index >= 15 is 0 Å². The first-order chi connectivity index (χ1) is 5.35. The molecule has 0 N–H and O–H groups in total. The van der Waals surface area contributed by atoms with Gasteiger partial charge in [0.05, 0.1) is 12.7 Å². The van der Waals surface area contributed by atoms with Crippen molar-refractivity contribution in [2.24, 2.45) is 35.5 Å². The Morgan fingerprint density at radius 1 is 1.18 bits per heavy atom. The number of alkyl halides is 1. The highest BCUT2D eigenvalue weighted by molar-refractivity contribution is 14.1. The maximum Gasteiger partial charge on any atom is 0.0663 e. The van der Waals surface area contributed by atoms with E-state index in [1.165, 1.54) is 5.92 Å². The molecule has 4 aliphatic carbocycles. The number of halogens is 1. The molecule has 0 aromatic heterocycles. The van der Waals surface area contributed by atoms with Crippen LogP contribution in [0, 0.1) is 35.5 Å². The third-order valence-electron chi connectivity index (χ3n) is 5.37. The Kier molecular flexibility index (Phi) is 0.562. The number of ether oxygens (including phenoxy) is 1. The molecule has 2 aliphatic heterocycles. The molecule has 1 nitrogen and oxygen atoms in total. The second kappa shape index (κ2) is 1.14. The lowest BCUT2D eigenvalue weighted by Gasteiger charge is -2.95. The van der Waals surface area contributed by atoms with Crippen LogP contribution in [0.2, 0.25) is 0 Å². The molecule has 0 aromatic rings. The van der Waals surface area contributed by atoms with Crippen molar-refractivity contribution in [2.75, 3.05) is 6.61 Å². The smallest absolute Gasteiger partial charge is 0.0663 e. The van der Waals surface area contributed by atoms with E-state index in [4.69, 9.17) is 4.74 Å². The van der Waals surface area contributed by atoms with Crippen LogP contribution in [0.5, 0.6) is 0 Å². The van der Waals surface area contributed by atoms with Crippen molar-refractivity contribution in [1.29, 1.82) is 0 Å². The Morgan fingerprint density at radius 2 is 1.91 bits per heavy atom. The Balaban J connectivity index is 1.80. The summed E-state index contributed by atoms with van der Waals surface area (Å²) < 4.78 is 6.60. The summed E-state index contributed by atoms with van der Waals surface area (Å²) in [5.74, 6) is 6.50. The monoisotopic (exact) mass is 260 g/mol. The molecule has 6 unspecified atom stereocenters. The van der Waals surface area contributed by atoms with Gasteiger partial charge in [-0.25, -0.2) is 0 Å². The van der Waals surface area contributed by atoms with Crippen LogP contribution in [0.25, 0.3) is 0 Å². The van der Waals surface area contributed by atoms with Gasteiger partial charge in [-0.3, -0.25) is 0 Å². The zero-order valence-corrected chi connectivity index (χ0v) is 8.19. The summed E-state index contributed by atoms with van der Waals surface area (Å²) in [6.07, 6.45) is 0.733. The highest BCUT2D eigenvalue weighted by Gasteiger charge is 2.95. The van der Waals surface area contributed by atoms with Crippen molar-refractivity contribution in [1.82, 2.24) is 0 Å². The first-order valence-corrected chi connectivity index (χ1v) is 5.73. The van der Waals surface area contributed by atoms with E-state index in [-0.39, 0.29) is 0 Å². The molecule has 6 aliphatic rings. The zero-order chi connectivity index (χ0) is 6.96. The topological polar surface area (TPSA) is 9.23 Å². The van der Waals surface area contributed by atoms with Crippen molar-refractivity contribution >= 4 is 22.6 Å². The summed E-state index contributed by atoms with van der Waals surface area (Å²) in [5.41, 5.74) is 0. The maximum atomic E-state index is 5.82. The van der Waals surface area contributed by atoms with Gasteiger partial charge >= 0.3 is 0 Å². The molecule has 0 radical (unpaired) electrons. The molecule has 0 amide bonds. The van der Waals surface area contributed by atoms with Gasteiger partial charge in [-0.2, -0.15) is 0 Å². The normalized spacial score (nSPS) is 90.8. The van der Waals surface area contributed by atoms with Crippen LogP contribution in [-0.4, -0.2) is 16.1 Å². The van der Waals surface area contributed by atoms with E-state index < -0.39 is 0 Å². The molecule has 2 bridgehead atoms. The van der Waals surface area contributed by atoms with Crippen LogP contribution in [0.1, 0.15) is 0 Å². The van der Waals surface area contributed by atoms with Crippen LogP contribution in [0.4, 0.5) is 0 Å². The lowest BCUT2D eigenvalue weighted by molar-refractivity contribution is -0.467. The molecule has 0 aromatic carbocycles. The average molecular weight is 260 g/mol. The molecule has 6 fully saturated rings. The summed E-state index contributed by atoms with van der Waals surface area (Å²) in [4.78, 5) is 0. The van der Waals surface area contributed by atoms with Crippen LogP contribution < -0.4 is 0 Å². The third-order valence-corrected chi connectivity index (χ3v) is 7.53. The van der Waals surface area contributed by atoms with E-state index in [1.807, 2.05) is 0 Å². The molecule has 2 saturated heterocycles. The van der Waals surface area contributed by atoms with Crippen LogP contribution in [0.15, 0.2) is 0 Å². The number of hydrogen-bond acceptors (Lipinski definition) is 1. The Hall–Kier alpha value is 0.690. The van der Waals surface area contributed by atoms with Gasteiger partial charge < -0.3 is 4.74 Å². The molecule has 11 heavy (non-hydrogen) atoms. The van der Waals surface area contributed by atoms with Gasteiger partial charge in [-0.05, 0) is 23.7 Å². The largest absolute Gasteiger partial charge is 0.377 e. The maximum absolute atomic E-state index is 5.82. The van der Waals surface area contributed by atoms with E-state index in [0.29, 0.717) is 0 Å². The minimum absolute atomic E-state index is 0.733. The van der Waals surface area contributed by atoms with Crippen molar-refractivity contribution < 1.29 is 4.74 Å². The van der Waals surface area contributed by atoms with E-state index in [2.05, 4.69) is 22.6 Å². The molecule has 58 valence electrons. The SMILES string of the molecule is IC12C3C4C5COC3[C@@H]1[C@H]5C42. The van der Waals surface area contributed by atoms with Gasteiger partial charge in [0.15, 0.2) is 0 Å². The number of rotatable bonds is 0. The fourth-order valence-corrected chi connectivity index (χ4v) is 7.56. The molecule has 0 spiro atoms. The summed E-state index contributed by atoms with van der Waals surface area (Å²) >= 11 is 2.74. The fraction of sp³-hybridized carbons (Fsp3) is 1.00. The average Bonchev–Trinajstić information content (AvgIpc) is 2.00. The summed E-state index contributed by atoms with van der Waals surface area (Å²) in [6.45, 7) is 1.12. The van der Waals surface area contributed by atoms with Crippen LogP contribution >= 0.6 is 22.6 Å². The Morgan fingerprint density at radius 3 is 2.45 bits per heavy atom. The highest BCUT2D eigenvalue weighted by atomic mass is 127. The summed E-state index contributed by atoms with van der Waals surface area (Å²) in [5, 5.41) is 0. The first-order valence-electron chi connectivity index (χ1n) is 4.65. The quantitative estimate of drug-likeness (QED) is 0.471. The standard InChI is InChI=1S/C9H9IO/c10-9-5-3-2-1-11-8(6(3)9)7(9)4(2)5/h2-8H,1H2/t2?,3-,4?,5?,6+,7?,8?,9?/m1/s1. The third kappa shape index (κ3) is 0.260. The predicted molar refractivity (Wildman–Crippen MR) is 47.4 cm³/mol. The zero-order valence-electron chi connectivity index (χ0n) is 6.03. The predicted octanol–water partition coefficient (Wildman–Crippen LogP) is 1.31. The molecule has 8 atom stereocenters. The fourth-order valence-electron chi connectivity index (χ4n) is 5.19. The van der Waals surface area contributed by atoms with Gasteiger partial charge in [-0.15, -0.1) is 0 Å². The van der Waals surface area contributed by atoms with Crippen molar-refractivity contribution in [2.45, 2.75) is 9.53 Å². The van der Waals surface area contributed by atoms with Crippen molar-refractivity contribution in [3.8, 4) is 0 Å². The van der Waals surface area contributed by atoms with Crippen LogP contribution in [0.3, 0.4) is 0 Å². The van der Waals surface area contributed by atoms with Gasteiger partial charge in [0.25, 0.3) is 0 Å². The highest BCUT2D eigenvalue weighted by Crippen LogP contribution is 2.93. The summed E-state index contributed by atoms with van der Waals surface area (Å²) in [7, 11) is 0. The molecule has 4 saturated carbocycles. The lowest BCUT2D eigenvalue weighted by Crippen LogP contribution is -2.99. The van der Waals surface area contributed by atoms with Gasteiger partial charge in [0, 0.05) is 15.3 Å². The van der Waals surface area contributed by atoms with Crippen LogP contribution in [-0.2, 0) is 4.74 Å². The van der Waals surface area contributed by atoms with Gasteiger partial charge in [-0.1, -0.05) is 22.6 Å². The summed E-state index contributed by atoms with van der Waals surface area (Å²) in [6, 6.07) is 0. The molecule has 2 heteroatoms. The molecular formula is C9H9IO. The van der Waals surface area contributed by atoms with E-state index in [0.717, 1.165) is 45.7 Å². The second-order valence-corrected chi connectivity index (χ2v) is 6.89. The lowest BCUT2D eigenvalue weighted by atomic mass is 9.15. The van der Waals surface area contributed by atoms with Gasteiger partial charge in [0.1, 0.15) is 0 Å². The minimum Gasteiger partial charge on any atom is -0.377 e. The molecular weight excluding hydrogens is 251 g/mol. The second-order valence-electron chi connectivity index (χ2n) is 5.02. The number of fused-ring (bicyclic) bond motifs is 1. The van der Waals surface area contributed by atoms with E-state index in [9.17, 15) is 0 Å². The number of hydrogen-bond donors (Lipinski definition) is 0. The molecule has 6 rings (SSSR count). The minimum atomic E-state index is 0.733. The van der Waals surface area contributed by atoms with E-state index in [1.54, 1.807) is 0 Å². The van der Waals surface area contributed by atoms with Gasteiger partial charge in [0.2, 0.25) is 0 Å². The Bertz CT molecular complexity index is 259. The molecule has 2 heterocycles.